The van der Waals surface area contributed by atoms with Crippen molar-refractivity contribution in [1.82, 2.24) is 19.7 Å². The molecular formula is C22H22N6O3. The zero-order valence-electron chi connectivity index (χ0n) is 17.3. The number of carbonyl (C=O) groups is 1. The van der Waals surface area contributed by atoms with Gasteiger partial charge in [-0.15, -0.1) is 0 Å². The summed E-state index contributed by atoms with van der Waals surface area (Å²) >= 11 is 0. The van der Waals surface area contributed by atoms with Crippen molar-refractivity contribution in [1.29, 1.82) is 0 Å². The van der Waals surface area contributed by atoms with E-state index in [0.29, 0.717) is 47.0 Å². The van der Waals surface area contributed by atoms with Crippen molar-refractivity contribution in [3.63, 3.8) is 0 Å². The van der Waals surface area contributed by atoms with Gasteiger partial charge in [0.15, 0.2) is 11.4 Å². The number of hydrogen-bond acceptors (Lipinski definition) is 7. The Hall–Kier alpha value is -3.72. The second-order valence-electron chi connectivity index (χ2n) is 7.40. The minimum Gasteiger partial charge on any atom is -0.463 e. The average molecular weight is 418 g/mol. The molecule has 0 bridgehead atoms. The van der Waals surface area contributed by atoms with E-state index in [2.05, 4.69) is 25.3 Å². The van der Waals surface area contributed by atoms with Crippen LogP contribution in [0.15, 0.2) is 47.2 Å². The highest BCUT2D eigenvalue weighted by molar-refractivity contribution is 6.13. The van der Waals surface area contributed by atoms with Crippen LogP contribution in [0.1, 0.15) is 16.1 Å². The lowest BCUT2D eigenvalue weighted by molar-refractivity contribution is 0.102. The Morgan fingerprint density at radius 3 is 2.74 bits per heavy atom. The lowest BCUT2D eigenvalue weighted by atomic mass is 10.1. The van der Waals surface area contributed by atoms with Gasteiger partial charge in [-0.2, -0.15) is 5.10 Å². The Morgan fingerprint density at radius 1 is 1.19 bits per heavy atom. The minimum atomic E-state index is -0.253. The van der Waals surface area contributed by atoms with Crippen LogP contribution in [0.2, 0.25) is 0 Å². The van der Waals surface area contributed by atoms with Crippen molar-refractivity contribution in [2.24, 2.45) is 7.05 Å². The number of ether oxygens (including phenoxy) is 1. The van der Waals surface area contributed by atoms with E-state index in [0.717, 1.165) is 24.6 Å². The van der Waals surface area contributed by atoms with Crippen molar-refractivity contribution in [3.05, 3.63) is 54.0 Å². The van der Waals surface area contributed by atoms with Crippen LogP contribution in [0, 0.1) is 6.92 Å². The van der Waals surface area contributed by atoms with Gasteiger partial charge in [0.1, 0.15) is 11.5 Å². The summed E-state index contributed by atoms with van der Waals surface area (Å²) in [5.41, 5.74) is 3.04. The lowest BCUT2D eigenvalue weighted by Crippen LogP contribution is -2.36. The van der Waals surface area contributed by atoms with E-state index in [-0.39, 0.29) is 5.91 Å². The van der Waals surface area contributed by atoms with Crippen LogP contribution >= 0.6 is 0 Å². The molecule has 0 saturated carbocycles. The maximum Gasteiger partial charge on any atom is 0.256 e. The molecule has 9 heteroatoms. The van der Waals surface area contributed by atoms with Crippen LogP contribution < -0.4 is 10.2 Å². The highest BCUT2D eigenvalue weighted by Gasteiger charge is 2.20. The summed E-state index contributed by atoms with van der Waals surface area (Å²) in [6.45, 7) is 4.88. The average Bonchev–Trinajstić information content (AvgIpc) is 3.43. The molecule has 1 saturated heterocycles. The van der Waals surface area contributed by atoms with E-state index in [9.17, 15) is 4.79 Å². The lowest BCUT2D eigenvalue weighted by Gasteiger charge is -2.27. The topological polar surface area (TPSA) is 98.3 Å². The number of nitrogens with zero attached hydrogens (tertiary/aromatic N) is 5. The number of nitrogens with one attached hydrogen (secondary N) is 1. The summed E-state index contributed by atoms with van der Waals surface area (Å²) in [4.78, 5) is 24.6. The molecule has 1 aliphatic rings. The first-order valence-corrected chi connectivity index (χ1v) is 10.1. The van der Waals surface area contributed by atoms with Gasteiger partial charge < -0.3 is 19.4 Å². The van der Waals surface area contributed by atoms with Gasteiger partial charge in [0.2, 0.25) is 0 Å². The van der Waals surface area contributed by atoms with Crippen LogP contribution in [0.5, 0.6) is 0 Å². The van der Waals surface area contributed by atoms with Crippen LogP contribution in [0.4, 0.5) is 11.5 Å². The Labute approximate surface area is 178 Å². The number of fused-ring (bicyclic) bond motifs is 1. The normalized spacial score (nSPS) is 14.2. The fourth-order valence-electron chi connectivity index (χ4n) is 3.81. The second-order valence-corrected chi connectivity index (χ2v) is 7.40. The van der Waals surface area contributed by atoms with Crippen molar-refractivity contribution < 1.29 is 13.9 Å². The number of amides is 1. The Balaban J connectivity index is 1.46. The molecule has 158 valence electrons. The second kappa shape index (κ2) is 7.84. The van der Waals surface area contributed by atoms with E-state index < -0.39 is 0 Å². The van der Waals surface area contributed by atoms with Gasteiger partial charge in [0.05, 0.1) is 48.0 Å². The van der Waals surface area contributed by atoms with E-state index >= 15 is 0 Å². The molecule has 31 heavy (non-hydrogen) atoms. The highest BCUT2D eigenvalue weighted by atomic mass is 16.5. The Morgan fingerprint density at radius 2 is 2.03 bits per heavy atom. The summed E-state index contributed by atoms with van der Waals surface area (Å²) in [5.74, 6) is 1.21. The molecule has 0 atom stereocenters. The molecule has 0 radical (unpaired) electrons. The first-order valence-electron chi connectivity index (χ1n) is 10.1. The molecule has 1 N–H and O–H groups in total. The smallest absolute Gasteiger partial charge is 0.256 e. The van der Waals surface area contributed by atoms with Crippen molar-refractivity contribution >= 4 is 28.4 Å². The standard InChI is InChI=1S/C22H22N6O3/c1-14-20-16(12-17(18-4-3-9-31-18)25-21(20)27(2)26-14)22(29)24-15-5-6-19(23-13-15)28-7-10-30-11-8-28/h3-6,9,12-13H,7-8,10-11H2,1-2H3,(H,24,29). The van der Waals surface area contributed by atoms with Crippen molar-refractivity contribution in [2.45, 2.75) is 6.92 Å². The number of anilines is 2. The number of carbonyl (C=O) groups excluding carboxylic acids is 1. The minimum absolute atomic E-state index is 0.253. The van der Waals surface area contributed by atoms with Crippen molar-refractivity contribution in [3.8, 4) is 11.5 Å². The third kappa shape index (κ3) is 3.64. The molecule has 5 heterocycles. The molecule has 0 spiro atoms. The predicted molar refractivity (Wildman–Crippen MR) is 116 cm³/mol. The molecule has 5 rings (SSSR count). The first kappa shape index (κ1) is 19.3. The molecule has 4 aromatic rings. The Bertz CT molecular complexity index is 1220. The SMILES string of the molecule is Cc1nn(C)c2nc(-c3ccco3)cc(C(=O)Nc3ccc(N4CCOCC4)nc3)c12. The van der Waals surface area contributed by atoms with Crippen LogP contribution in [-0.2, 0) is 11.8 Å². The number of morpholine rings is 1. The maximum absolute atomic E-state index is 13.2. The zero-order valence-corrected chi connectivity index (χ0v) is 17.3. The number of aryl methyl sites for hydroxylation is 2. The quantitative estimate of drug-likeness (QED) is 0.544. The van der Waals surface area contributed by atoms with Gasteiger partial charge in [-0.1, -0.05) is 0 Å². The third-order valence-electron chi connectivity index (χ3n) is 5.33. The molecule has 4 aromatic heterocycles. The molecular weight excluding hydrogens is 396 g/mol. The van der Waals surface area contributed by atoms with Crippen LogP contribution in [0.3, 0.4) is 0 Å². The summed E-state index contributed by atoms with van der Waals surface area (Å²) in [7, 11) is 1.81. The van der Waals surface area contributed by atoms with Gasteiger partial charge in [-0.25, -0.2) is 9.97 Å². The monoisotopic (exact) mass is 418 g/mol. The molecule has 9 nitrogen and oxygen atoms in total. The van der Waals surface area contributed by atoms with E-state index in [4.69, 9.17) is 9.15 Å². The van der Waals surface area contributed by atoms with E-state index in [1.807, 2.05) is 32.2 Å². The molecule has 1 aliphatic heterocycles. The number of furan rings is 1. The zero-order chi connectivity index (χ0) is 21.4. The number of aromatic nitrogens is 4. The van der Waals surface area contributed by atoms with Gasteiger partial charge in [0, 0.05) is 20.1 Å². The Kier molecular flexibility index (Phi) is 4.87. The number of pyridine rings is 2. The maximum atomic E-state index is 13.2. The highest BCUT2D eigenvalue weighted by Crippen LogP contribution is 2.28. The van der Waals surface area contributed by atoms with Gasteiger partial charge in [-0.05, 0) is 37.3 Å². The summed E-state index contributed by atoms with van der Waals surface area (Å²) < 4.78 is 12.5. The van der Waals surface area contributed by atoms with Crippen molar-refractivity contribution in [2.75, 3.05) is 36.5 Å². The number of hydrogen-bond donors (Lipinski definition) is 1. The van der Waals surface area contributed by atoms with Gasteiger partial charge in [-0.3, -0.25) is 9.48 Å². The molecule has 1 amide bonds. The molecule has 0 aliphatic carbocycles. The molecule has 1 fully saturated rings. The molecule has 0 aromatic carbocycles. The van der Waals surface area contributed by atoms with E-state index in [1.165, 1.54) is 0 Å². The van der Waals surface area contributed by atoms with Gasteiger partial charge in [0.25, 0.3) is 5.91 Å². The third-order valence-corrected chi connectivity index (χ3v) is 5.33. The van der Waals surface area contributed by atoms with Crippen LogP contribution in [-0.4, -0.2) is 52.0 Å². The summed E-state index contributed by atoms with van der Waals surface area (Å²) in [6.07, 6.45) is 3.25. The van der Waals surface area contributed by atoms with Crippen LogP contribution in [0.25, 0.3) is 22.5 Å². The summed E-state index contributed by atoms with van der Waals surface area (Å²) in [5, 5.41) is 8.11. The van der Waals surface area contributed by atoms with Gasteiger partial charge >= 0.3 is 0 Å². The first-order chi connectivity index (χ1) is 15.1. The number of rotatable bonds is 4. The fraction of sp³-hybridized carbons (Fsp3) is 0.273. The molecule has 0 unspecified atom stereocenters. The van der Waals surface area contributed by atoms with E-state index in [1.54, 1.807) is 29.3 Å². The fourth-order valence-corrected chi connectivity index (χ4v) is 3.81. The largest absolute Gasteiger partial charge is 0.463 e. The summed E-state index contributed by atoms with van der Waals surface area (Å²) in [6, 6.07) is 9.11. The predicted octanol–water partition coefficient (Wildman–Crippen LogP) is 3.02.